The molecule has 4 nitrogen and oxygen atoms in total. The molecule has 0 bridgehead atoms. The van der Waals surface area contributed by atoms with Crippen molar-refractivity contribution in [2.75, 3.05) is 0 Å². The summed E-state index contributed by atoms with van der Waals surface area (Å²) >= 11 is 0. The van der Waals surface area contributed by atoms with Gasteiger partial charge in [0.1, 0.15) is 5.52 Å². The molecule has 2 aromatic heterocycles. The third-order valence-electron chi connectivity index (χ3n) is 3.77. The first-order chi connectivity index (χ1) is 10.4. The first-order valence-corrected chi connectivity index (χ1v) is 7.06. The van der Waals surface area contributed by atoms with Gasteiger partial charge in [0.2, 0.25) is 0 Å². The van der Waals surface area contributed by atoms with E-state index in [0.717, 1.165) is 34.2 Å². The molecule has 0 aliphatic rings. The Bertz CT molecular complexity index is 940. The van der Waals surface area contributed by atoms with Gasteiger partial charge < -0.3 is 0 Å². The molecule has 2 aromatic carbocycles. The second kappa shape index (κ2) is 4.66. The van der Waals surface area contributed by atoms with Gasteiger partial charge in [0, 0.05) is 16.5 Å². The molecule has 0 unspecified atom stereocenters. The van der Waals surface area contributed by atoms with E-state index in [1.807, 2.05) is 47.3 Å². The molecule has 0 atom stereocenters. The molecule has 102 valence electrons. The van der Waals surface area contributed by atoms with E-state index in [1.54, 1.807) is 0 Å². The Kier molecular flexibility index (Phi) is 2.67. The minimum Gasteiger partial charge on any atom is -0.258 e. The van der Waals surface area contributed by atoms with Crippen LogP contribution >= 0.6 is 0 Å². The molecule has 4 rings (SSSR count). The lowest BCUT2D eigenvalue weighted by molar-refractivity contribution is 0.823. The summed E-state index contributed by atoms with van der Waals surface area (Å²) in [6.07, 6.45) is 2.81. The number of hydrogen-bond acceptors (Lipinski definition) is 3. The van der Waals surface area contributed by atoms with Crippen molar-refractivity contribution in [2.45, 2.75) is 13.3 Å². The van der Waals surface area contributed by atoms with Crippen molar-refractivity contribution in [1.29, 1.82) is 0 Å². The fraction of sp³-hybridized carbons (Fsp3) is 0.118. The first kappa shape index (κ1) is 12.0. The number of aryl methyl sites for hydroxylation is 1. The Morgan fingerprint density at radius 3 is 2.57 bits per heavy atom. The lowest BCUT2D eigenvalue weighted by Gasteiger charge is -2.09. The van der Waals surface area contributed by atoms with Crippen molar-refractivity contribution in [3.63, 3.8) is 0 Å². The first-order valence-electron chi connectivity index (χ1n) is 7.06. The molecule has 0 N–H and O–H groups in total. The van der Waals surface area contributed by atoms with Gasteiger partial charge >= 0.3 is 0 Å². The largest absolute Gasteiger partial charge is 0.258 e. The zero-order valence-electron chi connectivity index (χ0n) is 11.7. The van der Waals surface area contributed by atoms with Crippen molar-refractivity contribution in [3.8, 4) is 5.69 Å². The summed E-state index contributed by atoms with van der Waals surface area (Å²) in [7, 11) is 0. The molecule has 2 heterocycles. The molecule has 0 spiro atoms. The highest BCUT2D eigenvalue weighted by molar-refractivity contribution is 5.92. The lowest BCUT2D eigenvalue weighted by atomic mass is 10.1. The summed E-state index contributed by atoms with van der Waals surface area (Å²) < 4.78 is 1.87. The molecule has 0 amide bonds. The number of benzene rings is 2. The predicted octanol–water partition coefficient (Wildman–Crippen LogP) is 3.53. The summed E-state index contributed by atoms with van der Waals surface area (Å²) in [5.74, 6) is 0. The number of para-hydroxylation sites is 1. The normalized spacial score (nSPS) is 11.3. The smallest absolute Gasteiger partial charge is 0.113 e. The van der Waals surface area contributed by atoms with Crippen molar-refractivity contribution >= 4 is 21.8 Å². The Morgan fingerprint density at radius 2 is 1.71 bits per heavy atom. The Balaban J connectivity index is 2.07. The second-order valence-corrected chi connectivity index (χ2v) is 4.98. The van der Waals surface area contributed by atoms with Gasteiger partial charge in [-0.05, 0) is 18.6 Å². The van der Waals surface area contributed by atoms with Crippen LogP contribution in [0, 0.1) is 0 Å². The van der Waals surface area contributed by atoms with Gasteiger partial charge in [0.25, 0.3) is 0 Å². The fourth-order valence-corrected chi connectivity index (χ4v) is 2.73. The van der Waals surface area contributed by atoms with Crippen LogP contribution in [0.15, 0.2) is 54.7 Å². The maximum Gasteiger partial charge on any atom is 0.113 e. The van der Waals surface area contributed by atoms with E-state index in [9.17, 15) is 0 Å². The minimum absolute atomic E-state index is 0.890. The van der Waals surface area contributed by atoms with E-state index in [2.05, 4.69) is 34.4 Å². The van der Waals surface area contributed by atoms with Gasteiger partial charge in [-0.2, -0.15) is 0 Å². The zero-order valence-corrected chi connectivity index (χ0v) is 11.7. The Labute approximate surface area is 122 Å². The Hall–Kier alpha value is -2.75. The van der Waals surface area contributed by atoms with Crippen LogP contribution in [-0.4, -0.2) is 20.0 Å². The van der Waals surface area contributed by atoms with Crippen LogP contribution in [0.25, 0.3) is 27.5 Å². The highest BCUT2D eigenvalue weighted by Crippen LogP contribution is 2.25. The summed E-state index contributed by atoms with van der Waals surface area (Å²) in [4.78, 5) is 4.60. The average Bonchev–Trinajstić information content (AvgIpc) is 2.98. The van der Waals surface area contributed by atoms with Crippen LogP contribution in [-0.2, 0) is 6.42 Å². The summed E-state index contributed by atoms with van der Waals surface area (Å²) in [6, 6.07) is 16.3. The molecule has 4 heteroatoms. The molecular weight excluding hydrogens is 260 g/mol. The van der Waals surface area contributed by atoms with E-state index >= 15 is 0 Å². The minimum atomic E-state index is 0.890. The van der Waals surface area contributed by atoms with Gasteiger partial charge in [-0.15, -0.1) is 5.10 Å². The average molecular weight is 274 g/mol. The summed E-state index contributed by atoms with van der Waals surface area (Å²) in [5.41, 5.74) is 3.96. The highest BCUT2D eigenvalue weighted by Gasteiger charge is 2.11. The van der Waals surface area contributed by atoms with Crippen LogP contribution < -0.4 is 0 Å². The van der Waals surface area contributed by atoms with Gasteiger partial charge in [0.05, 0.1) is 17.4 Å². The number of pyridine rings is 1. The van der Waals surface area contributed by atoms with Crippen molar-refractivity contribution in [1.82, 2.24) is 20.0 Å². The maximum atomic E-state index is 4.60. The number of aromatic nitrogens is 4. The van der Waals surface area contributed by atoms with E-state index in [4.69, 9.17) is 0 Å². The fourth-order valence-electron chi connectivity index (χ4n) is 2.73. The lowest BCUT2D eigenvalue weighted by Crippen LogP contribution is -2.01. The van der Waals surface area contributed by atoms with Crippen LogP contribution in [0.3, 0.4) is 0 Å². The van der Waals surface area contributed by atoms with Crippen molar-refractivity contribution in [2.24, 2.45) is 0 Å². The van der Waals surface area contributed by atoms with Crippen molar-refractivity contribution < 1.29 is 0 Å². The number of hydrogen-bond donors (Lipinski definition) is 0. The standard InChI is InChI=1S/C17H14N4/c1-2-14-12-7-3-4-8-13(12)17(11-18-14)21-16-10-6-5-9-15(16)19-20-21/h3-11H,2H2,1H3. The van der Waals surface area contributed by atoms with E-state index in [0.29, 0.717) is 0 Å². The third-order valence-corrected chi connectivity index (χ3v) is 3.77. The molecule has 21 heavy (non-hydrogen) atoms. The molecule has 0 saturated heterocycles. The van der Waals surface area contributed by atoms with Crippen LogP contribution in [0.1, 0.15) is 12.6 Å². The molecular formula is C17H14N4. The molecule has 0 fully saturated rings. The molecule has 0 aliphatic heterocycles. The van der Waals surface area contributed by atoms with Crippen LogP contribution in [0.4, 0.5) is 0 Å². The number of nitrogens with zero attached hydrogens (tertiary/aromatic N) is 4. The summed E-state index contributed by atoms with van der Waals surface area (Å²) in [6.45, 7) is 2.12. The zero-order chi connectivity index (χ0) is 14.2. The van der Waals surface area contributed by atoms with Gasteiger partial charge in [0.15, 0.2) is 0 Å². The van der Waals surface area contributed by atoms with E-state index in [-0.39, 0.29) is 0 Å². The molecule has 0 aliphatic carbocycles. The van der Waals surface area contributed by atoms with Crippen molar-refractivity contribution in [3.05, 3.63) is 60.4 Å². The van der Waals surface area contributed by atoms with Gasteiger partial charge in [-0.1, -0.05) is 48.5 Å². The van der Waals surface area contributed by atoms with E-state index < -0.39 is 0 Å². The Morgan fingerprint density at radius 1 is 0.952 bits per heavy atom. The second-order valence-electron chi connectivity index (χ2n) is 4.98. The topological polar surface area (TPSA) is 43.6 Å². The monoisotopic (exact) mass is 274 g/mol. The van der Waals surface area contributed by atoms with Gasteiger partial charge in [-0.3, -0.25) is 4.98 Å². The van der Waals surface area contributed by atoms with Crippen LogP contribution in [0.2, 0.25) is 0 Å². The molecule has 0 radical (unpaired) electrons. The number of fused-ring (bicyclic) bond motifs is 2. The summed E-state index contributed by atoms with van der Waals surface area (Å²) in [5, 5.41) is 10.9. The van der Waals surface area contributed by atoms with E-state index in [1.165, 1.54) is 5.39 Å². The number of rotatable bonds is 2. The maximum absolute atomic E-state index is 4.60. The van der Waals surface area contributed by atoms with Crippen LogP contribution in [0.5, 0.6) is 0 Å². The molecule has 4 aromatic rings. The third kappa shape index (κ3) is 1.80. The van der Waals surface area contributed by atoms with Gasteiger partial charge in [-0.25, -0.2) is 4.68 Å². The predicted molar refractivity (Wildman–Crippen MR) is 83.5 cm³/mol. The quantitative estimate of drug-likeness (QED) is 0.561. The SMILES string of the molecule is CCc1ncc(-n2nnc3ccccc32)c2ccccc12. The highest BCUT2D eigenvalue weighted by atomic mass is 15.4. The molecule has 0 saturated carbocycles.